The molecule has 124 valence electrons. The number of aliphatic hydroxyl groups excluding tert-OH is 1. The standard InChI is InChI=1S/C21H21NO.ClH/c23-21(20-9-5-2-6-10-20)16-22-15-17-11-13-19(14-12-17)18-7-3-1-4-8-18;/h1-14,21-23H,15-16H2;1H/p-1. The van der Waals surface area contributed by atoms with Crippen molar-refractivity contribution in [2.75, 3.05) is 6.54 Å². The Hall–Kier alpha value is -2.13. The molecule has 1 atom stereocenters. The summed E-state index contributed by atoms with van der Waals surface area (Å²) in [5, 5.41) is 13.4. The van der Waals surface area contributed by atoms with Crippen LogP contribution in [0.3, 0.4) is 0 Å². The maximum Gasteiger partial charge on any atom is 0.0914 e. The van der Waals surface area contributed by atoms with Gasteiger partial charge in [-0.05, 0) is 22.3 Å². The van der Waals surface area contributed by atoms with Gasteiger partial charge in [0.15, 0.2) is 0 Å². The third-order valence-electron chi connectivity index (χ3n) is 3.91. The summed E-state index contributed by atoms with van der Waals surface area (Å²) in [6.07, 6.45) is -0.472. The van der Waals surface area contributed by atoms with E-state index >= 15 is 0 Å². The second-order valence-electron chi connectivity index (χ2n) is 5.62. The maximum atomic E-state index is 10.1. The molecule has 0 aromatic heterocycles. The average Bonchev–Trinajstić information content (AvgIpc) is 2.64. The molecule has 3 rings (SSSR count). The van der Waals surface area contributed by atoms with Crippen molar-refractivity contribution in [3.05, 3.63) is 96.1 Å². The highest BCUT2D eigenvalue weighted by Crippen LogP contribution is 2.19. The second-order valence-corrected chi connectivity index (χ2v) is 5.62. The second kappa shape index (κ2) is 9.24. The van der Waals surface area contributed by atoms with Crippen molar-refractivity contribution in [2.24, 2.45) is 0 Å². The number of hydrogen-bond acceptors (Lipinski definition) is 2. The Kier molecular flexibility index (Phi) is 7.01. The minimum atomic E-state index is -0.472. The first-order chi connectivity index (χ1) is 11.3. The van der Waals surface area contributed by atoms with Gasteiger partial charge in [0, 0.05) is 13.1 Å². The third kappa shape index (κ3) is 4.93. The van der Waals surface area contributed by atoms with Crippen molar-refractivity contribution in [3.63, 3.8) is 0 Å². The van der Waals surface area contributed by atoms with Crippen LogP contribution in [0.4, 0.5) is 0 Å². The van der Waals surface area contributed by atoms with E-state index in [0.29, 0.717) is 6.54 Å². The van der Waals surface area contributed by atoms with Crippen molar-refractivity contribution in [1.82, 2.24) is 5.32 Å². The van der Waals surface area contributed by atoms with E-state index in [2.05, 4.69) is 53.8 Å². The Balaban J connectivity index is 0.00000208. The van der Waals surface area contributed by atoms with Crippen LogP contribution in [0.1, 0.15) is 17.2 Å². The summed E-state index contributed by atoms with van der Waals surface area (Å²) >= 11 is 0. The Morgan fingerprint density at radius 2 is 1.25 bits per heavy atom. The Morgan fingerprint density at radius 1 is 0.708 bits per heavy atom. The van der Waals surface area contributed by atoms with Gasteiger partial charge in [-0.25, -0.2) is 0 Å². The van der Waals surface area contributed by atoms with Crippen LogP contribution in [-0.2, 0) is 6.54 Å². The number of halogens is 1. The number of rotatable bonds is 6. The predicted molar refractivity (Wildman–Crippen MR) is 95.0 cm³/mol. The lowest BCUT2D eigenvalue weighted by atomic mass is 10.0. The van der Waals surface area contributed by atoms with Gasteiger partial charge in [-0.1, -0.05) is 84.9 Å². The zero-order valence-corrected chi connectivity index (χ0v) is 14.2. The maximum absolute atomic E-state index is 10.1. The molecule has 0 radical (unpaired) electrons. The first-order valence-electron chi connectivity index (χ1n) is 7.91. The summed E-state index contributed by atoms with van der Waals surface area (Å²) in [4.78, 5) is 0. The van der Waals surface area contributed by atoms with Crippen LogP contribution < -0.4 is 17.7 Å². The molecule has 2 nitrogen and oxygen atoms in total. The van der Waals surface area contributed by atoms with E-state index in [0.717, 1.165) is 12.1 Å². The topological polar surface area (TPSA) is 32.3 Å². The molecule has 0 amide bonds. The molecule has 0 aliphatic carbocycles. The predicted octanol–water partition coefficient (Wildman–Crippen LogP) is 1.18. The quantitative estimate of drug-likeness (QED) is 0.707. The number of benzene rings is 3. The lowest BCUT2D eigenvalue weighted by Gasteiger charge is -2.12. The first kappa shape index (κ1) is 18.2. The Morgan fingerprint density at radius 3 is 1.88 bits per heavy atom. The molecule has 0 fully saturated rings. The lowest BCUT2D eigenvalue weighted by Crippen LogP contribution is -3.00. The molecule has 3 aromatic carbocycles. The van der Waals surface area contributed by atoms with E-state index in [4.69, 9.17) is 0 Å². The molecule has 2 N–H and O–H groups in total. The molecule has 0 aliphatic rings. The van der Waals surface area contributed by atoms with Crippen molar-refractivity contribution < 1.29 is 17.5 Å². The fourth-order valence-electron chi connectivity index (χ4n) is 2.59. The van der Waals surface area contributed by atoms with E-state index in [1.165, 1.54) is 16.7 Å². The molecule has 0 aliphatic heterocycles. The average molecular weight is 339 g/mol. The van der Waals surface area contributed by atoms with Gasteiger partial charge in [-0.2, -0.15) is 0 Å². The largest absolute Gasteiger partial charge is 1.00 e. The van der Waals surface area contributed by atoms with Gasteiger partial charge in [0.1, 0.15) is 0 Å². The smallest absolute Gasteiger partial charge is 0.0914 e. The summed E-state index contributed by atoms with van der Waals surface area (Å²) in [6.45, 7) is 1.30. The first-order valence-corrected chi connectivity index (χ1v) is 7.91. The van der Waals surface area contributed by atoms with Crippen molar-refractivity contribution in [2.45, 2.75) is 12.6 Å². The molecule has 0 saturated carbocycles. The minimum absolute atomic E-state index is 0. The van der Waals surface area contributed by atoms with E-state index in [-0.39, 0.29) is 12.4 Å². The highest BCUT2D eigenvalue weighted by molar-refractivity contribution is 5.63. The third-order valence-corrected chi connectivity index (χ3v) is 3.91. The van der Waals surface area contributed by atoms with Crippen LogP contribution in [-0.4, -0.2) is 11.7 Å². The molecule has 3 aromatic rings. The number of nitrogens with one attached hydrogen (secondary N) is 1. The molecule has 0 heterocycles. The van der Waals surface area contributed by atoms with Crippen LogP contribution in [0.15, 0.2) is 84.9 Å². The molecular weight excluding hydrogens is 318 g/mol. The van der Waals surface area contributed by atoms with Gasteiger partial charge in [-0.15, -0.1) is 0 Å². The van der Waals surface area contributed by atoms with E-state index in [1.54, 1.807) is 0 Å². The van der Waals surface area contributed by atoms with E-state index in [9.17, 15) is 5.11 Å². The lowest BCUT2D eigenvalue weighted by molar-refractivity contribution is -0.00000624. The summed E-state index contributed by atoms with van der Waals surface area (Å²) in [5.74, 6) is 0. The Labute approximate surface area is 149 Å². The normalized spacial score (nSPS) is 11.5. The molecule has 1 unspecified atom stereocenters. The molecule has 0 bridgehead atoms. The van der Waals surface area contributed by atoms with E-state index < -0.39 is 6.10 Å². The summed E-state index contributed by atoms with van der Waals surface area (Å²) < 4.78 is 0. The van der Waals surface area contributed by atoms with Crippen LogP contribution in [0.5, 0.6) is 0 Å². The highest BCUT2D eigenvalue weighted by Gasteiger charge is 2.05. The van der Waals surface area contributed by atoms with Gasteiger partial charge < -0.3 is 22.8 Å². The molecule has 3 heteroatoms. The molecular formula is C21H21ClNO-. The van der Waals surface area contributed by atoms with Crippen molar-refractivity contribution in [1.29, 1.82) is 0 Å². The van der Waals surface area contributed by atoms with Gasteiger partial charge >= 0.3 is 0 Å². The van der Waals surface area contributed by atoms with Crippen molar-refractivity contribution >= 4 is 0 Å². The monoisotopic (exact) mass is 338 g/mol. The van der Waals surface area contributed by atoms with Crippen molar-refractivity contribution in [3.8, 4) is 11.1 Å². The zero-order chi connectivity index (χ0) is 15.9. The number of aliphatic hydroxyl groups is 1. The minimum Gasteiger partial charge on any atom is -1.00 e. The Bertz CT molecular complexity index is 714. The zero-order valence-electron chi connectivity index (χ0n) is 13.4. The summed E-state index contributed by atoms with van der Waals surface area (Å²) in [5.41, 5.74) is 4.61. The summed E-state index contributed by atoms with van der Waals surface area (Å²) in [6, 6.07) is 28.6. The highest BCUT2D eigenvalue weighted by atomic mass is 35.5. The fraction of sp³-hybridized carbons (Fsp3) is 0.143. The summed E-state index contributed by atoms with van der Waals surface area (Å²) in [7, 11) is 0. The van der Waals surface area contributed by atoms with Crippen LogP contribution in [0, 0.1) is 0 Å². The fourth-order valence-corrected chi connectivity index (χ4v) is 2.59. The van der Waals surface area contributed by atoms with Gasteiger partial charge in [0.2, 0.25) is 0 Å². The van der Waals surface area contributed by atoms with Gasteiger partial charge in [0.25, 0.3) is 0 Å². The van der Waals surface area contributed by atoms with E-state index in [1.807, 2.05) is 36.4 Å². The van der Waals surface area contributed by atoms with Gasteiger partial charge in [0.05, 0.1) is 6.10 Å². The molecule has 0 spiro atoms. The van der Waals surface area contributed by atoms with Crippen LogP contribution in [0.2, 0.25) is 0 Å². The van der Waals surface area contributed by atoms with Gasteiger partial charge in [-0.3, -0.25) is 0 Å². The van der Waals surface area contributed by atoms with Crippen LogP contribution in [0.25, 0.3) is 11.1 Å². The molecule has 0 saturated heterocycles. The van der Waals surface area contributed by atoms with Crippen LogP contribution >= 0.6 is 0 Å². The number of hydrogen-bond donors (Lipinski definition) is 2. The molecule has 24 heavy (non-hydrogen) atoms. The SMILES string of the molecule is OC(CNCc1ccc(-c2ccccc2)cc1)c1ccccc1.[Cl-].